The molecule has 2 rings (SSSR count). The Morgan fingerprint density at radius 2 is 1.63 bits per heavy atom. The molecule has 0 aliphatic carbocycles. The van der Waals surface area contributed by atoms with Gasteiger partial charge in [0.2, 0.25) is 15.9 Å². The number of rotatable bonds is 5. The lowest BCUT2D eigenvalue weighted by Gasteiger charge is -2.18. The molecule has 0 radical (unpaired) electrons. The van der Waals surface area contributed by atoms with Gasteiger partial charge in [0, 0.05) is 17.1 Å². The molecule has 0 saturated carbocycles. The first-order chi connectivity index (χ1) is 12.4. The van der Waals surface area contributed by atoms with Gasteiger partial charge >= 0.3 is 6.18 Å². The quantitative estimate of drug-likeness (QED) is 0.754. The fraction of sp³-hybridized carbons (Fsp3) is 0.188. The van der Waals surface area contributed by atoms with E-state index in [1.807, 2.05) is 0 Å². The highest BCUT2D eigenvalue weighted by atomic mass is 35.5. The monoisotopic (exact) mass is 440 g/mol. The third-order valence-electron chi connectivity index (χ3n) is 3.45. The fourth-order valence-corrected chi connectivity index (χ4v) is 3.55. The molecular weight excluding hydrogens is 428 g/mol. The van der Waals surface area contributed by atoms with Crippen LogP contribution in [0, 0.1) is 0 Å². The molecule has 0 aliphatic heterocycles. The van der Waals surface area contributed by atoms with Gasteiger partial charge in [-0.05, 0) is 42.5 Å². The average molecular weight is 441 g/mol. The molecule has 1 amide bonds. The lowest BCUT2D eigenvalue weighted by Crippen LogP contribution is -2.35. The highest BCUT2D eigenvalue weighted by Crippen LogP contribution is 2.36. The van der Waals surface area contributed by atoms with Crippen molar-refractivity contribution in [1.82, 2.24) is 4.31 Å². The number of nitrogens with zero attached hydrogens (tertiary/aromatic N) is 1. The van der Waals surface area contributed by atoms with E-state index in [-0.39, 0.29) is 9.92 Å². The van der Waals surface area contributed by atoms with Crippen LogP contribution < -0.4 is 5.32 Å². The van der Waals surface area contributed by atoms with Gasteiger partial charge in [-0.2, -0.15) is 17.5 Å². The van der Waals surface area contributed by atoms with Crippen LogP contribution in [0.3, 0.4) is 0 Å². The zero-order chi connectivity index (χ0) is 20.4. The van der Waals surface area contributed by atoms with Crippen LogP contribution in [0.25, 0.3) is 0 Å². The maximum atomic E-state index is 13.1. The second-order valence-corrected chi connectivity index (χ2v) is 8.37. The van der Waals surface area contributed by atoms with Gasteiger partial charge in [-0.3, -0.25) is 4.79 Å². The summed E-state index contributed by atoms with van der Waals surface area (Å²) in [6.07, 6.45) is -4.74. The van der Waals surface area contributed by atoms with Gasteiger partial charge in [-0.1, -0.05) is 23.2 Å². The number of amides is 1. The maximum Gasteiger partial charge on any atom is 0.418 e. The molecule has 2 aromatic carbocycles. The third-order valence-corrected chi connectivity index (χ3v) is 5.75. The molecule has 1 N–H and O–H groups in total. The van der Waals surface area contributed by atoms with E-state index in [1.165, 1.54) is 30.3 Å². The molecule has 0 aromatic heterocycles. The molecule has 146 valence electrons. The van der Waals surface area contributed by atoms with E-state index in [0.29, 0.717) is 11.1 Å². The van der Waals surface area contributed by atoms with Gasteiger partial charge in [0.1, 0.15) is 0 Å². The van der Waals surface area contributed by atoms with Crippen molar-refractivity contribution in [2.75, 3.05) is 18.9 Å². The van der Waals surface area contributed by atoms with Crippen LogP contribution in [0.1, 0.15) is 5.56 Å². The van der Waals surface area contributed by atoms with Crippen molar-refractivity contribution in [2.45, 2.75) is 11.1 Å². The normalized spacial score (nSPS) is 12.3. The number of carbonyl (C=O) groups excluding carboxylic acids is 1. The summed E-state index contributed by atoms with van der Waals surface area (Å²) in [5, 5.41) is 2.24. The summed E-state index contributed by atoms with van der Waals surface area (Å²) >= 11 is 11.3. The highest BCUT2D eigenvalue weighted by molar-refractivity contribution is 7.89. The van der Waals surface area contributed by atoms with Crippen molar-refractivity contribution in [3.8, 4) is 0 Å². The average Bonchev–Trinajstić information content (AvgIpc) is 2.55. The van der Waals surface area contributed by atoms with Gasteiger partial charge in [-0.25, -0.2) is 8.42 Å². The summed E-state index contributed by atoms with van der Waals surface area (Å²) in [7, 11) is -2.88. The first kappa shape index (κ1) is 21.5. The van der Waals surface area contributed by atoms with Crippen molar-refractivity contribution in [1.29, 1.82) is 0 Å². The maximum absolute atomic E-state index is 13.1. The first-order valence-electron chi connectivity index (χ1n) is 7.30. The number of sulfonamides is 1. The third kappa shape index (κ3) is 5.35. The Morgan fingerprint density at radius 1 is 1.07 bits per heavy atom. The number of hydrogen-bond acceptors (Lipinski definition) is 3. The summed E-state index contributed by atoms with van der Waals surface area (Å²) in [6, 6.07) is 8.10. The van der Waals surface area contributed by atoms with E-state index in [2.05, 4.69) is 5.32 Å². The standard InChI is InChI=1S/C16H13Cl2F3N2O3S/c1-23(27(25,26)12-5-2-10(17)3-6-12)9-15(24)22-14-7-4-11(18)8-13(14)16(19,20)21/h2-8H,9H2,1H3,(H,22,24). The predicted octanol–water partition coefficient (Wildman–Crippen LogP) is 4.27. The van der Waals surface area contributed by atoms with Crippen LogP contribution in [-0.4, -0.2) is 32.2 Å². The Hall–Kier alpha value is -1.81. The molecule has 0 fully saturated rings. The zero-order valence-electron chi connectivity index (χ0n) is 13.7. The minimum atomic E-state index is -4.74. The van der Waals surface area contributed by atoms with E-state index in [4.69, 9.17) is 23.2 Å². The highest BCUT2D eigenvalue weighted by Gasteiger charge is 2.34. The fourth-order valence-electron chi connectivity index (χ4n) is 2.12. The van der Waals surface area contributed by atoms with Crippen molar-refractivity contribution >= 4 is 44.8 Å². The van der Waals surface area contributed by atoms with E-state index in [9.17, 15) is 26.4 Å². The Kier molecular flexibility index (Phi) is 6.41. The van der Waals surface area contributed by atoms with Gasteiger partial charge in [-0.15, -0.1) is 0 Å². The van der Waals surface area contributed by atoms with E-state index >= 15 is 0 Å². The minimum Gasteiger partial charge on any atom is -0.324 e. The molecule has 0 bridgehead atoms. The molecule has 0 aliphatic rings. The van der Waals surface area contributed by atoms with Crippen LogP contribution in [0.15, 0.2) is 47.4 Å². The van der Waals surface area contributed by atoms with E-state index in [0.717, 1.165) is 17.4 Å². The number of nitrogens with one attached hydrogen (secondary N) is 1. The van der Waals surface area contributed by atoms with E-state index < -0.39 is 39.9 Å². The molecule has 0 heterocycles. The van der Waals surface area contributed by atoms with Gasteiger partial charge in [0.15, 0.2) is 0 Å². The number of halogens is 5. The smallest absolute Gasteiger partial charge is 0.324 e. The Labute approximate surface area is 163 Å². The van der Waals surface area contributed by atoms with Crippen molar-refractivity contribution < 1.29 is 26.4 Å². The van der Waals surface area contributed by atoms with Crippen molar-refractivity contribution in [3.63, 3.8) is 0 Å². The van der Waals surface area contributed by atoms with Crippen LogP contribution in [0.2, 0.25) is 10.0 Å². The topological polar surface area (TPSA) is 66.5 Å². The van der Waals surface area contributed by atoms with Crippen LogP contribution in [-0.2, 0) is 21.0 Å². The lowest BCUT2D eigenvalue weighted by atomic mass is 10.1. The summed E-state index contributed by atoms with van der Waals surface area (Å²) in [4.78, 5) is 12.0. The number of carbonyl (C=O) groups is 1. The van der Waals surface area contributed by atoms with Crippen LogP contribution in [0.5, 0.6) is 0 Å². The van der Waals surface area contributed by atoms with E-state index in [1.54, 1.807) is 0 Å². The predicted molar refractivity (Wildman–Crippen MR) is 96.4 cm³/mol. The number of anilines is 1. The molecule has 5 nitrogen and oxygen atoms in total. The summed E-state index contributed by atoms with van der Waals surface area (Å²) in [5.41, 5.74) is -1.65. The summed E-state index contributed by atoms with van der Waals surface area (Å²) in [5.74, 6) is -0.942. The number of likely N-dealkylation sites (N-methyl/N-ethyl adjacent to an activating group) is 1. The zero-order valence-corrected chi connectivity index (χ0v) is 16.0. The molecular formula is C16H13Cl2F3N2O3S. The van der Waals surface area contributed by atoms with Crippen LogP contribution in [0.4, 0.5) is 18.9 Å². The Bertz CT molecular complexity index is 948. The largest absolute Gasteiger partial charge is 0.418 e. The van der Waals surface area contributed by atoms with Gasteiger partial charge in [0.05, 0.1) is 22.7 Å². The molecule has 11 heteroatoms. The minimum absolute atomic E-state index is 0.107. The molecule has 2 aromatic rings. The number of hydrogen-bond donors (Lipinski definition) is 1. The second-order valence-electron chi connectivity index (χ2n) is 5.45. The molecule has 0 unspecified atom stereocenters. The molecule has 27 heavy (non-hydrogen) atoms. The first-order valence-corrected chi connectivity index (χ1v) is 9.49. The number of alkyl halides is 3. The lowest BCUT2D eigenvalue weighted by molar-refractivity contribution is -0.137. The SMILES string of the molecule is CN(CC(=O)Nc1ccc(Cl)cc1C(F)(F)F)S(=O)(=O)c1ccc(Cl)cc1. The molecule has 0 atom stereocenters. The molecule has 0 saturated heterocycles. The summed E-state index contributed by atoms with van der Waals surface area (Å²) in [6.45, 7) is -0.690. The van der Waals surface area contributed by atoms with Gasteiger partial charge < -0.3 is 5.32 Å². The number of benzene rings is 2. The summed E-state index contributed by atoms with van der Waals surface area (Å²) < 4.78 is 64.7. The van der Waals surface area contributed by atoms with Crippen molar-refractivity contribution in [3.05, 3.63) is 58.1 Å². The van der Waals surface area contributed by atoms with Crippen LogP contribution >= 0.6 is 23.2 Å². The Balaban J connectivity index is 2.17. The molecule has 0 spiro atoms. The van der Waals surface area contributed by atoms with Gasteiger partial charge in [0.25, 0.3) is 0 Å². The second kappa shape index (κ2) is 8.05. The Morgan fingerprint density at radius 3 is 2.19 bits per heavy atom. The van der Waals surface area contributed by atoms with Crippen molar-refractivity contribution in [2.24, 2.45) is 0 Å².